The molecule has 4 saturated carbocycles. The molecule has 1 heterocycles. The summed E-state index contributed by atoms with van der Waals surface area (Å²) >= 11 is 0. The van der Waals surface area contributed by atoms with Crippen molar-refractivity contribution in [1.82, 2.24) is 0 Å². The Morgan fingerprint density at radius 1 is 0.955 bits per heavy atom. The average Bonchev–Trinajstić information content (AvgIpc) is 2.62. The molecule has 0 radical (unpaired) electrons. The Balaban J connectivity index is 1.59. The molecule has 5 aliphatic rings. The molecule has 5 fully saturated rings. The Bertz CT molecular complexity index is 486. The highest BCUT2D eigenvalue weighted by Gasteiger charge is 2.69. The third kappa shape index (κ3) is 1.55. The molecule has 4 bridgehead atoms. The van der Waals surface area contributed by atoms with E-state index < -0.39 is 5.60 Å². The van der Waals surface area contributed by atoms with Crippen molar-refractivity contribution in [2.45, 2.75) is 77.2 Å². The highest BCUT2D eigenvalue weighted by atomic mass is 16.5. The summed E-state index contributed by atoms with van der Waals surface area (Å²) in [7, 11) is 0. The highest BCUT2D eigenvalue weighted by molar-refractivity contribution is 5.18. The summed E-state index contributed by atoms with van der Waals surface area (Å²) in [5.41, 5.74) is 0.943. The summed E-state index contributed by atoms with van der Waals surface area (Å²) in [5, 5.41) is 10.9. The summed E-state index contributed by atoms with van der Waals surface area (Å²) in [6, 6.07) is 0. The summed E-state index contributed by atoms with van der Waals surface area (Å²) in [6.45, 7) is 6.66. The molecule has 0 aromatic heterocycles. The number of fused-ring (bicyclic) bond motifs is 1. The van der Waals surface area contributed by atoms with E-state index in [1.807, 2.05) is 0 Å². The molecular weight excluding hydrogens is 272 g/mol. The minimum absolute atomic E-state index is 0.397. The van der Waals surface area contributed by atoms with Gasteiger partial charge in [0.2, 0.25) is 0 Å². The number of ether oxygens (including phenoxy) is 1. The first kappa shape index (κ1) is 14.3. The van der Waals surface area contributed by atoms with Gasteiger partial charge in [-0.05, 0) is 86.9 Å². The van der Waals surface area contributed by atoms with Crippen LogP contribution in [0.1, 0.15) is 71.6 Å². The highest BCUT2D eigenvalue weighted by Crippen LogP contribution is 2.73. The maximum Gasteiger partial charge on any atom is 0.0653 e. The fraction of sp³-hybridized carbons (Fsp3) is 1.00. The number of rotatable bonds is 0. The van der Waals surface area contributed by atoms with Gasteiger partial charge in [-0.3, -0.25) is 0 Å². The van der Waals surface area contributed by atoms with Gasteiger partial charge < -0.3 is 9.84 Å². The molecule has 0 aromatic carbocycles. The molecule has 4 aliphatic carbocycles. The molecule has 1 spiro atoms. The van der Waals surface area contributed by atoms with Crippen LogP contribution in [0.5, 0.6) is 0 Å². The van der Waals surface area contributed by atoms with Gasteiger partial charge >= 0.3 is 0 Å². The smallest absolute Gasteiger partial charge is 0.0653 e. The quantitative estimate of drug-likeness (QED) is 0.728. The van der Waals surface area contributed by atoms with Crippen LogP contribution in [0.3, 0.4) is 0 Å². The van der Waals surface area contributed by atoms with Crippen molar-refractivity contribution in [2.24, 2.45) is 34.0 Å². The molecule has 2 heteroatoms. The molecule has 1 saturated heterocycles. The summed E-state index contributed by atoms with van der Waals surface area (Å²) in [4.78, 5) is 0. The van der Waals surface area contributed by atoms with Crippen LogP contribution in [0.4, 0.5) is 0 Å². The van der Waals surface area contributed by atoms with E-state index in [1.54, 1.807) is 0 Å². The van der Waals surface area contributed by atoms with Crippen molar-refractivity contribution >= 4 is 0 Å². The Hall–Kier alpha value is -0.0800. The molecule has 3 unspecified atom stereocenters. The van der Waals surface area contributed by atoms with E-state index in [-0.39, 0.29) is 0 Å². The minimum Gasteiger partial charge on any atom is -0.390 e. The lowest BCUT2D eigenvalue weighted by molar-refractivity contribution is -0.238. The first-order valence-electron chi connectivity index (χ1n) is 9.71. The van der Waals surface area contributed by atoms with Gasteiger partial charge in [0.05, 0.1) is 18.8 Å². The molecule has 0 amide bonds. The molecule has 1 N–H and O–H groups in total. The van der Waals surface area contributed by atoms with Crippen molar-refractivity contribution in [3.05, 3.63) is 0 Å². The van der Waals surface area contributed by atoms with Gasteiger partial charge in [-0.1, -0.05) is 13.3 Å². The van der Waals surface area contributed by atoms with Crippen LogP contribution in [-0.4, -0.2) is 23.9 Å². The molecular formula is C20H32O2. The van der Waals surface area contributed by atoms with Crippen molar-refractivity contribution in [1.29, 1.82) is 0 Å². The van der Waals surface area contributed by atoms with E-state index >= 15 is 0 Å². The largest absolute Gasteiger partial charge is 0.390 e. The fourth-order valence-electron chi connectivity index (χ4n) is 8.52. The zero-order valence-electron chi connectivity index (χ0n) is 14.4. The second-order valence-electron chi connectivity index (χ2n) is 10.3. The van der Waals surface area contributed by atoms with E-state index in [9.17, 15) is 5.11 Å². The van der Waals surface area contributed by atoms with Gasteiger partial charge in [0.25, 0.3) is 0 Å². The molecule has 1 aliphatic heterocycles. The van der Waals surface area contributed by atoms with Crippen molar-refractivity contribution < 1.29 is 9.84 Å². The van der Waals surface area contributed by atoms with Crippen molar-refractivity contribution in [2.75, 3.05) is 13.2 Å². The lowest BCUT2D eigenvalue weighted by Crippen LogP contribution is -2.63. The standard InChI is InChI=1S/C20H32O2/c1-17-7-3-8-20(13-22-12-17)15(17)6-9-19-10-14(4-5-16(19)20)18(2,21)11-19/h14-16,21H,3-13H2,1-2H3/t14?,15-,16?,17+,18-,19?,20+/m1/s1. The lowest BCUT2D eigenvalue weighted by atomic mass is 9.40. The van der Waals surface area contributed by atoms with Crippen molar-refractivity contribution in [3.63, 3.8) is 0 Å². The Morgan fingerprint density at radius 3 is 2.68 bits per heavy atom. The fourth-order valence-corrected chi connectivity index (χ4v) is 8.52. The predicted octanol–water partition coefficient (Wildman–Crippen LogP) is 4.16. The average molecular weight is 304 g/mol. The van der Waals surface area contributed by atoms with Crippen molar-refractivity contribution in [3.8, 4) is 0 Å². The Morgan fingerprint density at radius 2 is 1.82 bits per heavy atom. The first-order chi connectivity index (χ1) is 10.4. The van der Waals surface area contributed by atoms with Gasteiger partial charge in [-0.25, -0.2) is 0 Å². The number of hydrogen-bond acceptors (Lipinski definition) is 2. The van der Waals surface area contributed by atoms with Crippen LogP contribution < -0.4 is 0 Å². The summed E-state index contributed by atoms with van der Waals surface area (Å²) in [5.74, 6) is 2.28. The summed E-state index contributed by atoms with van der Waals surface area (Å²) in [6.07, 6.45) is 11.9. The van der Waals surface area contributed by atoms with Crippen LogP contribution >= 0.6 is 0 Å². The zero-order valence-corrected chi connectivity index (χ0v) is 14.4. The van der Waals surface area contributed by atoms with Gasteiger partial charge in [0.1, 0.15) is 0 Å². The SMILES string of the molecule is C[C@]12CCC[C@@]3(COC1)C1CCC4CC1(CC[C@H]23)C[C@@]4(C)O. The predicted molar refractivity (Wildman–Crippen MR) is 86.4 cm³/mol. The third-order valence-electron chi connectivity index (χ3n) is 9.14. The first-order valence-corrected chi connectivity index (χ1v) is 9.71. The Kier molecular flexibility index (Phi) is 2.67. The van der Waals surface area contributed by atoms with Crippen LogP contribution in [0.2, 0.25) is 0 Å². The van der Waals surface area contributed by atoms with Crippen LogP contribution in [0, 0.1) is 34.0 Å². The zero-order chi connectivity index (χ0) is 15.2. The second-order valence-corrected chi connectivity index (χ2v) is 10.3. The van der Waals surface area contributed by atoms with Gasteiger partial charge in [0.15, 0.2) is 0 Å². The van der Waals surface area contributed by atoms with Gasteiger partial charge in [-0.15, -0.1) is 0 Å². The van der Waals surface area contributed by atoms with Gasteiger partial charge in [0, 0.05) is 5.41 Å². The number of aliphatic hydroxyl groups is 1. The van der Waals surface area contributed by atoms with Gasteiger partial charge in [-0.2, -0.15) is 0 Å². The number of hydrogen-bond donors (Lipinski definition) is 1. The molecule has 0 aromatic rings. The molecule has 2 nitrogen and oxygen atoms in total. The van der Waals surface area contributed by atoms with Crippen LogP contribution in [0.15, 0.2) is 0 Å². The maximum absolute atomic E-state index is 10.9. The minimum atomic E-state index is -0.397. The van der Waals surface area contributed by atoms with Crippen LogP contribution in [-0.2, 0) is 4.74 Å². The second kappa shape index (κ2) is 4.11. The topological polar surface area (TPSA) is 29.5 Å². The summed E-state index contributed by atoms with van der Waals surface area (Å²) < 4.78 is 6.24. The lowest BCUT2D eigenvalue weighted by Gasteiger charge is -2.67. The van der Waals surface area contributed by atoms with E-state index in [0.29, 0.717) is 22.2 Å². The molecule has 7 atom stereocenters. The van der Waals surface area contributed by atoms with E-state index in [4.69, 9.17) is 4.74 Å². The Labute approximate surface area is 135 Å². The van der Waals surface area contributed by atoms with E-state index in [2.05, 4.69) is 13.8 Å². The maximum atomic E-state index is 10.9. The molecule has 5 rings (SSSR count). The molecule has 124 valence electrons. The van der Waals surface area contributed by atoms with Crippen LogP contribution in [0.25, 0.3) is 0 Å². The third-order valence-corrected chi connectivity index (χ3v) is 9.14. The van der Waals surface area contributed by atoms with E-state index in [0.717, 1.165) is 31.5 Å². The monoisotopic (exact) mass is 304 g/mol. The van der Waals surface area contributed by atoms with E-state index in [1.165, 1.54) is 51.4 Å². The normalized spacial score (nSPS) is 63.1. The molecule has 22 heavy (non-hydrogen) atoms.